The van der Waals surface area contributed by atoms with Crippen molar-refractivity contribution >= 4 is 23.2 Å². The summed E-state index contributed by atoms with van der Waals surface area (Å²) < 4.78 is 15.6. The molecule has 122 valence electrons. The number of amides is 1. The molecule has 23 heavy (non-hydrogen) atoms. The van der Waals surface area contributed by atoms with Crippen molar-refractivity contribution in [1.82, 2.24) is 0 Å². The van der Waals surface area contributed by atoms with E-state index in [9.17, 15) is 4.79 Å². The van der Waals surface area contributed by atoms with Crippen LogP contribution in [0.15, 0.2) is 36.4 Å². The van der Waals surface area contributed by atoms with E-state index in [0.29, 0.717) is 33.5 Å². The summed E-state index contributed by atoms with van der Waals surface area (Å²) in [6.45, 7) is 0. The summed E-state index contributed by atoms with van der Waals surface area (Å²) in [5.41, 5.74) is 1.28. The Labute approximate surface area is 140 Å². The Balaban J connectivity index is 2.15. The molecule has 6 heteroatoms. The van der Waals surface area contributed by atoms with Crippen molar-refractivity contribution in [3.63, 3.8) is 0 Å². The van der Waals surface area contributed by atoms with Crippen LogP contribution in [-0.2, 0) is 11.2 Å². The van der Waals surface area contributed by atoms with Crippen LogP contribution in [0, 0.1) is 0 Å². The zero-order valence-corrected chi connectivity index (χ0v) is 13.9. The molecule has 0 saturated carbocycles. The highest BCUT2D eigenvalue weighted by molar-refractivity contribution is 6.30. The van der Waals surface area contributed by atoms with Crippen LogP contribution in [0.4, 0.5) is 5.69 Å². The van der Waals surface area contributed by atoms with Gasteiger partial charge >= 0.3 is 0 Å². The van der Waals surface area contributed by atoms with Gasteiger partial charge in [0.1, 0.15) is 17.2 Å². The number of rotatable bonds is 6. The number of hydrogen-bond acceptors (Lipinski definition) is 4. The van der Waals surface area contributed by atoms with E-state index in [-0.39, 0.29) is 12.3 Å². The quantitative estimate of drug-likeness (QED) is 0.877. The molecule has 1 amide bonds. The second-order valence-corrected chi connectivity index (χ2v) is 5.18. The third-order valence-electron chi connectivity index (χ3n) is 3.28. The molecule has 0 unspecified atom stereocenters. The molecule has 0 atom stereocenters. The average molecular weight is 336 g/mol. The first-order chi connectivity index (χ1) is 11.1. The SMILES string of the molecule is COc1ccc(NC(=O)Cc2cc(Cl)ccc2OC)c(OC)c1. The Hall–Kier alpha value is -2.40. The van der Waals surface area contributed by atoms with E-state index in [1.807, 2.05) is 0 Å². The van der Waals surface area contributed by atoms with Crippen molar-refractivity contribution in [2.75, 3.05) is 26.6 Å². The lowest BCUT2D eigenvalue weighted by Crippen LogP contribution is -2.15. The molecule has 0 aliphatic rings. The van der Waals surface area contributed by atoms with Gasteiger partial charge in [-0.3, -0.25) is 4.79 Å². The Bertz CT molecular complexity index is 703. The van der Waals surface area contributed by atoms with E-state index < -0.39 is 0 Å². The molecule has 0 bridgehead atoms. The molecule has 0 heterocycles. The zero-order chi connectivity index (χ0) is 16.8. The maximum Gasteiger partial charge on any atom is 0.229 e. The minimum Gasteiger partial charge on any atom is -0.497 e. The number of methoxy groups -OCH3 is 3. The summed E-state index contributed by atoms with van der Waals surface area (Å²) in [7, 11) is 4.65. The third kappa shape index (κ3) is 4.29. The van der Waals surface area contributed by atoms with Gasteiger partial charge in [-0.2, -0.15) is 0 Å². The second kappa shape index (κ2) is 7.74. The Morgan fingerprint density at radius 2 is 1.74 bits per heavy atom. The number of carbonyl (C=O) groups excluding carboxylic acids is 1. The molecule has 0 spiro atoms. The van der Waals surface area contributed by atoms with Gasteiger partial charge < -0.3 is 19.5 Å². The summed E-state index contributed by atoms with van der Waals surface area (Å²) in [5, 5.41) is 3.37. The first-order valence-corrected chi connectivity index (χ1v) is 7.29. The van der Waals surface area contributed by atoms with Crippen LogP contribution >= 0.6 is 11.6 Å². The Kier molecular flexibility index (Phi) is 5.71. The van der Waals surface area contributed by atoms with E-state index in [1.165, 1.54) is 7.11 Å². The maximum atomic E-state index is 12.3. The van der Waals surface area contributed by atoms with Crippen LogP contribution in [0.25, 0.3) is 0 Å². The van der Waals surface area contributed by atoms with Crippen LogP contribution in [0.2, 0.25) is 5.02 Å². The van der Waals surface area contributed by atoms with Crippen molar-refractivity contribution in [3.8, 4) is 17.2 Å². The Morgan fingerprint density at radius 1 is 1.00 bits per heavy atom. The van der Waals surface area contributed by atoms with Crippen molar-refractivity contribution in [2.45, 2.75) is 6.42 Å². The van der Waals surface area contributed by atoms with Crippen molar-refractivity contribution in [2.24, 2.45) is 0 Å². The highest BCUT2D eigenvalue weighted by atomic mass is 35.5. The molecular weight excluding hydrogens is 318 g/mol. The lowest BCUT2D eigenvalue weighted by molar-refractivity contribution is -0.115. The molecule has 0 fully saturated rings. The number of carbonyl (C=O) groups is 1. The number of halogens is 1. The van der Waals surface area contributed by atoms with Gasteiger partial charge in [0.2, 0.25) is 5.91 Å². The number of benzene rings is 2. The first kappa shape index (κ1) is 17.0. The monoisotopic (exact) mass is 335 g/mol. The normalized spacial score (nSPS) is 10.1. The fraction of sp³-hybridized carbons (Fsp3) is 0.235. The summed E-state index contributed by atoms with van der Waals surface area (Å²) in [6, 6.07) is 10.3. The van der Waals surface area contributed by atoms with Gasteiger partial charge in [-0.05, 0) is 30.3 Å². The fourth-order valence-electron chi connectivity index (χ4n) is 2.15. The van der Waals surface area contributed by atoms with Crippen molar-refractivity contribution in [1.29, 1.82) is 0 Å². The lowest BCUT2D eigenvalue weighted by Gasteiger charge is -2.13. The first-order valence-electron chi connectivity index (χ1n) is 6.91. The zero-order valence-electron chi connectivity index (χ0n) is 13.2. The maximum absolute atomic E-state index is 12.3. The lowest BCUT2D eigenvalue weighted by atomic mass is 10.1. The van der Waals surface area contributed by atoms with Gasteiger partial charge in [-0.15, -0.1) is 0 Å². The number of nitrogens with one attached hydrogen (secondary N) is 1. The fourth-order valence-corrected chi connectivity index (χ4v) is 2.35. The van der Waals surface area contributed by atoms with Crippen LogP contribution in [-0.4, -0.2) is 27.2 Å². The molecule has 0 radical (unpaired) electrons. The van der Waals surface area contributed by atoms with Crippen LogP contribution in [0.1, 0.15) is 5.56 Å². The standard InChI is InChI=1S/C17H18ClNO4/c1-21-13-5-6-14(16(10-13)23-3)19-17(20)9-11-8-12(18)4-7-15(11)22-2/h4-8,10H,9H2,1-3H3,(H,19,20). The molecule has 2 rings (SSSR count). The predicted octanol–water partition coefficient (Wildman–Crippen LogP) is 3.55. The topological polar surface area (TPSA) is 56.8 Å². The molecule has 2 aromatic rings. The van der Waals surface area contributed by atoms with E-state index in [0.717, 1.165) is 0 Å². The van der Waals surface area contributed by atoms with E-state index in [2.05, 4.69) is 5.32 Å². The highest BCUT2D eigenvalue weighted by Gasteiger charge is 2.12. The summed E-state index contributed by atoms with van der Waals surface area (Å²) in [5.74, 6) is 1.59. The van der Waals surface area contributed by atoms with Gasteiger partial charge in [0, 0.05) is 16.7 Å². The molecule has 0 aliphatic carbocycles. The average Bonchev–Trinajstić information content (AvgIpc) is 2.55. The predicted molar refractivity (Wildman–Crippen MR) is 89.9 cm³/mol. The van der Waals surface area contributed by atoms with Crippen LogP contribution in [0.3, 0.4) is 0 Å². The highest BCUT2D eigenvalue weighted by Crippen LogP contribution is 2.29. The molecule has 0 aliphatic heterocycles. The molecule has 0 saturated heterocycles. The van der Waals surface area contributed by atoms with Crippen molar-refractivity contribution in [3.05, 3.63) is 47.0 Å². The number of ether oxygens (including phenoxy) is 3. The van der Waals surface area contributed by atoms with Gasteiger partial charge in [0.15, 0.2) is 0 Å². The largest absolute Gasteiger partial charge is 0.497 e. The summed E-state index contributed by atoms with van der Waals surface area (Å²) in [6.07, 6.45) is 0.138. The Morgan fingerprint density at radius 3 is 2.39 bits per heavy atom. The smallest absolute Gasteiger partial charge is 0.229 e. The van der Waals surface area contributed by atoms with Crippen LogP contribution in [0.5, 0.6) is 17.2 Å². The summed E-state index contributed by atoms with van der Waals surface area (Å²) in [4.78, 5) is 12.3. The van der Waals surface area contributed by atoms with Gasteiger partial charge in [0.25, 0.3) is 0 Å². The molecule has 0 aromatic heterocycles. The molecule has 5 nitrogen and oxygen atoms in total. The minimum absolute atomic E-state index is 0.138. The molecule has 2 aromatic carbocycles. The third-order valence-corrected chi connectivity index (χ3v) is 3.51. The minimum atomic E-state index is -0.200. The van der Waals surface area contributed by atoms with Gasteiger partial charge in [-0.1, -0.05) is 11.6 Å². The molecule has 1 N–H and O–H groups in total. The van der Waals surface area contributed by atoms with E-state index >= 15 is 0 Å². The number of hydrogen-bond donors (Lipinski definition) is 1. The van der Waals surface area contributed by atoms with E-state index in [4.69, 9.17) is 25.8 Å². The van der Waals surface area contributed by atoms with Gasteiger partial charge in [-0.25, -0.2) is 0 Å². The van der Waals surface area contributed by atoms with Gasteiger partial charge in [0.05, 0.1) is 33.4 Å². The van der Waals surface area contributed by atoms with Crippen LogP contribution < -0.4 is 19.5 Å². The molecular formula is C17H18ClNO4. The van der Waals surface area contributed by atoms with E-state index in [1.54, 1.807) is 50.6 Å². The summed E-state index contributed by atoms with van der Waals surface area (Å²) >= 11 is 5.98. The second-order valence-electron chi connectivity index (χ2n) is 4.75. The number of anilines is 1. The van der Waals surface area contributed by atoms with Crippen molar-refractivity contribution < 1.29 is 19.0 Å².